The molecular weight excluding hydrogens is 273 g/mol. The van der Waals surface area contributed by atoms with E-state index in [-0.39, 0.29) is 12.4 Å². The second-order valence-corrected chi connectivity index (χ2v) is 4.34. The van der Waals surface area contributed by atoms with Gasteiger partial charge in [-0.3, -0.25) is 0 Å². The van der Waals surface area contributed by atoms with Crippen molar-refractivity contribution < 1.29 is 27.4 Å². The highest BCUT2D eigenvalue weighted by molar-refractivity contribution is 5.61. The van der Waals surface area contributed by atoms with Gasteiger partial charge in [0.05, 0.1) is 6.61 Å². The van der Waals surface area contributed by atoms with Crippen molar-refractivity contribution in [3.63, 3.8) is 0 Å². The summed E-state index contributed by atoms with van der Waals surface area (Å²) in [6, 6.07) is 7.91. The van der Waals surface area contributed by atoms with E-state index in [9.17, 15) is 13.2 Å². The van der Waals surface area contributed by atoms with E-state index >= 15 is 0 Å². The van der Waals surface area contributed by atoms with Gasteiger partial charge in [-0.15, -0.1) is 0 Å². The Balaban J connectivity index is 2.29. The van der Waals surface area contributed by atoms with E-state index in [2.05, 4.69) is 0 Å². The molecule has 1 heterocycles. The Kier molecular flexibility index (Phi) is 4.04. The first-order valence-electron chi connectivity index (χ1n) is 5.88. The summed E-state index contributed by atoms with van der Waals surface area (Å²) < 4.78 is 46.6. The Labute approximate surface area is 113 Å². The average molecular weight is 286 g/mol. The van der Waals surface area contributed by atoms with Gasteiger partial charge in [0.15, 0.2) is 6.61 Å². The van der Waals surface area contributed by atoms with Crippen molar-refractivity contribution in [1.29, 1.82) is 0 Å². The van der Waals surface area contributed by atoms with Gasteiger partial charge in [-0.25, -0.2) is 0 Å². The van der Waals surface area contributed by atoms with Gasteiger partial charge in [-0.2, -0.15) is 13.2 Å². The van der Waals surface area contributed by atoms with E-state index < -0.39 is 12.8 Å². The fourth-order valence-corrected chi connectivity index (χ4v) is 1.73. The number of aliphatic hydroxyl groups excluding tert-OH is 1. The van der Waals surface area contributed by atoms with Crippen LogP contribution in [0.1, 0.15) is 11.3 Å². The third-order valence-corrected chi connectivity index (χ3v) is 2.58. The van der Waals surface area contributed by atoms with Crippen LogP contribution in [0.5, 0.6) is 5.75 Å². The highest BCUT2D eigenvalue weighted by atomic mass is 19.4. The van der Waals surface area contributed by atoms with Crippen LogP contribution in [0, 0.1) is 6.92 Å². The van der Waals surface area contributed by atoms with E-state index in [1.807, 2.05) is 0 Å². The Morgan fingerprint density at radius 3 is 2.50 bits per heavy atom. The predicted molar refractivity (Wildman–Crippen MR) is 66.4 cm³/mol. The maximum atomic E-state index is 12.2. The highest BCUT2D eigenvalue weighted by Crippen LogP contribution is 2.28. The Hall–Kier alpha value is -1.95. The van der Waals surface area contributed by atoms with Crippen LogP contribution in [0.4, 0.5) is 13.2 Å². The van der Waals surface area contributed by atoms with Gasteiger partial charge in [-0.1, -0.05) is 0 Å². The van der Waals surface area contributed by atoms with Crippen LogP contribution >= 0.6 is 0 Å². The molecule has 0 atom stereocenters. The fourth-order valence-electron chi connectivity index (χ4n) is 1.73. The molecule has 6 heteroatoms. The summed E-state index contributed by atoms with van der Waals surface area (Å²) in [6.07, 6.45) is -4.41. The smallest absolute Gasteiger partial charge is 0.422 e. The van der Waals surface area contributed by atoms with Crippen molar-refractivity contribution >= 4 is 0 Å². The Bertz CT molecular complexity index is 588. The highest BCUT2D eigenvalue weighted by Gasteiger charge is 2.28. The van der Waals surface area contributed by atoms with Gasteiger partial charge in [0, 0.05) is 5.56 Å². The second kappa shape index (κ2) is 5.58. The monoisotopic (exact) mass is 286 g/mol. The first kappa shape index (κ1) is 14.5. The summed E-state index contributed by atoms with van der Waals surface area (Å²) in [4.78, 5) is 0. The maximum Gasteiger partial charge on any atom is 0.422 e. The van der Waals surface area contributed by atoms with E-state index in [1.54, 1.807) is 25.1 Å². The molecule has 0 unspecified atom stereocenters. The van der Waals surface area contributed by atoms with E-state index in [0.717, 1.165) is 0 Å². The van der Waals surface area contributed by atoms with Crippen LogP contribution in [0.15, 0.2) is 34.7 Å². The molecule has 0 aliphatic heterocycles. The third kappa shape index (κ3) is 3.77. The van der Waals surface area contributed by atoms with Crippen LogP contribution < -0.4 is 4.74 Å². The quantitative estimate of drug-likeness (QED) is 0.932. The topological polar surface area (TPSA) is 42.6 Å². The number of benzene rings is 1. The molecule has 0 amide bonds. The summed E-state index contributed by atoms with van der Waals surface area (Å²) in [5.41, 5.74) is 1.01. The SMILES string of the molecule is Cc1ccc(-c2cc(CO)cc(OCC(F)(F)F)c2)o1. The lowest BCUT2D eigenvalue weighted by molar-refractivity contribution is -0.153. The van der Waals surface area contributed by atoms with Gasteiger partial charge in [-0.05, 0) is 42.8 Å². The number of hydrogen-bond acceptors (Lipinski definition) is 3. The molecule has 0 saturated carbocycles. The number of hydrogen-bond donors (Lipinski definition) is 1. The van der Waals surface area contributed by atoms with Crippen LogP contribution in [-0.2, 0) is 6.61 Å². The van der Waals surface area contributed by atoms with Gasteiger partial charge in [0.1, 0.15) is 17.3 Å². The minimum atomic E-state index is -4.41. The number of halogens is 3. The maximum absolute atomic E-state index is 12.2. The molecule has 0 aliphatic rings. The van der Waals surface area contributed by atoms with E-state index in [0.29, 0.717) is 22.6 Å². The summed E-state index contributed by atoms with van der Waals surface area (Å²) in [6.45, 7) is 0.0921. The van der Waals surface area contributed by atoms with Crippen molar-refractivity contribution in [2.45, 2.75) is 19.7 Å². The van der Waals surface area contributed by atoms with Crippen LogP contribution in [0.25, 0.3) is 11.3 Å². The van der Waals surface area contributed by atoms with Gasteiger partial charge in [0.2, 0.25) is 0 Å². The number of aryl methyl sites for hydroxylation is 1. The van der Waals surface area contributed by atoms with Crippen molar-refractivity contribution in [3.8, 4) is 17.1 Å². The van der Waals surface area contributed by atoms with Gasteiger partial charge < -0.3 is 14.3 Å². The summed E-state index contributed by atoms with van der Waals surface area (Å²) in [5.74, 6) is 1.24. The predicted octanol–water partition coefficient (Wildman–Crippen LogP) is 3.69. The van der Waals surface area contributed by atoms with Crippen molar-refractivity contribution in [1.82, 2.24) is 0 Å². The number of alkyl halides is 3. The minimum Gasteiger partial charge on any atom is -0.484 e. The molecule has 1 aromatic carbocycles. The first-order valence-corrected chi connectivity index (χ1v) is 5.88. The summed E-state index contributed by atoms with van der Waals surface area (Å²) in [7, 11) is 0. The van der Waals surface area contributed by atoms with Crippen molar-refractivity contribution in [2.24, 2.45) is 0 Å². The zero-order valence-electron chi connectivity index (χ0n) is 10.7. The molecule has 0 fully saturated rings. The number of rotatable bonds is 4. The lowest BCUT2D eigenvalue weighted by Gasteiger charge is -2.11. The number of ether oxygens (including phenoxy) is 1. The molecule has 0 spiro atoms. The zero-order valence-corrected chi connectivity index (χ0v) is 10.7. The van der Waals surface area contributed by atoms with Crippen LogP contribution in [0.2, 0.25) is 0 Å². The molecule has 0 aliphatic carbocycles. The van der Waals surface area contributed by atoms with Gasteiger partial charge in [0.25, 0.3) is 0 Å². The van der Waals surface area contributed by atoms with E-state index in [4.69, 9.17) is 14.3 Å². The largest absolute Gasteiger partial charge is 0.484 e. The molecule has 1 N–H and O–H groups in total. The minimum absolute atomic E-state index is 0.0397. The molecule has 0 bridgehead atoms. The molecule has 108 valence electrons. The zero-order chi connectivity index (χ0) is 14.8. The lowest BCUT2D eigenvalue weighted by Crippen LogP contribution is -2.19. The second-order valence-electron chi connectivity index (χ2n) is 4.34. The Morgan fingerprint density at radius 1 is 1.20 bits per heavy atom. The van der Waals surface area contributed by atoms with E-state index in [1.165, 1.54) is 12.1 Å². The molecule has 20 heavy (non-hydrogen) atoms. The first-order chi connectivity index (χ1) is 9.37. The molecule has 2 rings (SSSR count). The molecule has 3 nitrogen and oxygen atoms in total. The van der Waals surface area contributed by atoms with Gasteiger partial charge >= 0.3 is 6.18 Å². The third-order valence-electron chi connectivity index (χ3n) is 2.58. The summed E-state index contributed by atoms with van der Waals surface area (Å²) in [5, 5.41) is 9.16. The van der Waals surface area contributed by atoms with Crippen molar-refractivity contribution in [2.75, 3.05) is 6.61 Å². The molecule has 1 aromatic heterocycles. The molecule has 0 saturated heterocycles. The Morgan fingerprint density at radius 2 is 1.95 bits per heavy atom. The normalized spacial score (nSPS) is 11.7. The van der Waals surface area contributed by atoms with Crippen molar-refractivity contribution in [3.05, 3.63) is 41.7 Å². The fraction of sp³-hybridized carbons (Fsp3) is 0.286. The number of aliphatic hydroxyl groups is 1. The molecule has 2 aromatic rings. The molecule has 0 radical (unpaired) electrons. The average Bonchev–Trinajstić information content (AvgIpc) is 2.82. The molecular formula is C14H13F3O3. The standard InChI is InChI=1S/C14H13F3O3/c1-9-2-3-13(20-9)11-4-10(7-18)5-12(6-11)19-8-14(15,16)17/h2-6,18H,7-8H2,1H3. The number of furan rings is 1. The lowest BCUT2D eigenvalue weighted by atomic mass is 10.1. The summed E-state index contributed by atoms with van der Waals surface area (Å²) >= 11 is 0. The van der Waals surface area contributed by atoms with Crippen LogP contribution in [0.3, 0.4) is 0 Å². The van der Waals surface area contributed by atoms with Crippen LogP contribution in [-0.4, -0.2) is 17.9 Å².